The summed E-state index contributed by atoms with van der Waals surface area (Å²) in [5.74, 6) is 0.831. The second-order valence-corrected chi connectivity index (χ2v) is 7.11. The third-order valence-electron chi connectivity index (χ3n) is 3.85. The van der Waals surface area contributed by atoms with E-state index in [-0.39, 0.29) is 11.4 Å². The number of benzene rings is 1. The molecule has 2 rings (SSSR count). The van der Waals surface area contributed by atoms with Crippen LogP contribution in [0.1, 0.15) is 24.8 Å². The summed E-state index contributed by atoms with van der Waals surface area (Å²) in [7, 11) is -0.755. The SMILES string of the molecule is COc1cc(C)c(S(=O)(=O)NCC2(O)CCC2)cc1OC. The van der Waals surface area contributed by atoms with E-state index < -0.39 is 15.6 Å². The van der Waals surface area contributed by atoms with Gasteiger partial charge >= 0.3 is 0 Å². The normalized spacial score (nSPS) is 17.1. The Kier molecular flexibility index (Phi) is 4.46. The first-order valence-corrected chi connectivity index (χ1v) is 8.24. The number of sulfonamides is 1. The average Bonchev–Trinajstić information content (AvgIpc) is 2.42. The number of nitrogens with one attached hydrogen (secondary N) is 1. The first-order valence-electron chi connectivity index (χ1n) is 6.76. The zero-order chi connectivity index (χ0) is 15.7. The van der Waals surface area contributed by atoms with E-state index in [1.807, 2.05) is 0 Å². The van der Waals surface area contributed by atoms with Gasteiger partial charge in [0.2, 0.25) is 10.0 Å². The third-order valence-corrected chi connectivity index (χ3v) is 5.39. The van der Waals surface area contributed by atoms with Crippen LogP contribution in [0.4, 0.5) is 0 Å². The first kappa shape index (κ1) is 16.1. The van der Waals surface area contributed by atoms with Gasteiger partial charge in [0.1, 0.15) is 0 Å². The van der Waals surface area contributed by atoms with E-state index in [0.29, 0.717) is 29.9 Å². The standard InChI is InChI=1S/C14H21NO5S/c1-10-7-11(19-2)12(20-3)8-13(10)21(17,18)15-9-14(16)5-4-6-14/h7-8,15-16H,4-6,9H2,1-3H3. The Balaban J connectivity index is 2.26. The second kappa shape index (κ2) is 5.82. The van der Waals surface area contributed by atoms with Crippen LogP contribution < -0.4 is 14.2 Å². The molecule has 0 unspecified atom stereocenters. The summed E-state index contributed by atoms with van der Waals surface area (Å²) in [6, 6.07) is 3.05. The molecule has 1 aliphatic carbocycles. The van der Waals surface area contributed by atoms with Crippen molar-refractivity contribution in [3.8, 4) is 11.5 Å². The topological polar surface area (TPSA) is 84.9 Å². The van der Waals surface area contributed by atoms with Gasteiger partial charge in [0.05, 0.1) is 24.7 Å². The summed E-state index contributed by atoms with van der Waals surface area (Å²) in [6.45, 7) is 1.72. The zero-order valence-electron chi connectivity index (χ0n) is 12.5. The monoisotopic (exact) mass is 315 g/mol. The Morgan fingerprint density at radius 2 is 1.81 bits per heavy atom. The lowest BCUT2D eigenvalue weighted by atomic mass is 9.81. The van der Waals surface area contributed by atoms with E-state index in [9.17, 15) is 13.5 Å². The summed E-state index contributed by atoms with van der Waals surface area (Å²) >= 11 is 0. The van der Waals surface area contributed by atoms with E-state index >= 15 is 0 Å². The Morgan fingerprint density at radius 1 is 1.24 bits per heavy atom. The lowest BCUT2D eigenvalue weighted by Gasteiger charge is -2.36. The second-order valence-electron chi connectivity index (χ2n) is 5.38. The smallest absolute Gasteiger partial charge is 0.241 e. The summed E-state index contributed by atoms with van der Waals surface area (Å²) in [6.07, 6.45) is 2.18. The number of aryl methyl sites for hydroxylation is 1. The number of rotatable bonds is 6. The summed E-state index contributed by atoms with van der Waals surface area (Å²) in [5.41, 5.74) is -0.349. The molecule has 6 nitrogen and oxygen atoms in total. The number of methoxy groups -OCH3 is 2. The summed E-state index contributed by atoms with van der Waals surface area (Å²) in [4.78, 5) is 0.128. The highest BCUT2D eigenvalue weighted by Gasteiger charge is 2.35. The molecule has 1 fully saturated rings. The van der Waals surface area contributed by atoms with Crippen LogP contribution >= 0.6 is 0 Å². The summed E-state index contributed by atoms with van der Waals surface area (Å²) in [5, 5.41) is 10.0. The quantitative estimate of drug-likeness (QED) is 0.824. The first-order chi connectivity index (χ1) is 9.81. The molecule has 0 bridgehead atoms. The Bertz CT molecular complexity index is 622. The van der Waals surface area contributed by atoms with Crippen molar-refractivity contribution in [2.45, 2.75) is 36.7 Å². The van der Waals surface area contributed by atoms with Crippen molar-refractivity contribution in [1.82, 2.24) is 4.72 Å². The molecule has 2 N–H and O–H groups in total. The molecule has 0 radical (unpaired) electrons. The highest BCUT2D eigenvalue weighted by Crippen LogP contribution is 2.33. The minimum Gasteiger partial charge on any atom is -0.493 e. The molecule has 1 aromatic carbocycles. The predicted octanol–water partition coefficient (Wildman–Crippen LogP) is 1.21. The molecule has 1 saturated carbocycles. The van der Waals surface area contributed by atoms with Crippen molar-refractivity contribution in [2.75, 3.05) is 20.8 Å². The minimum atomic E-state index is -3.70. The molecule has 21 heavy (non-hydrogen) atoms. The van der Waals surface area contributed by atoms with Crippen molar-refractivity contribution < 1.29 is 23.0 Å². The average molecular weight is 315 g/mol. The fraction of sp³-hybridized carbons (Fsp3) is 0.571. The van der Waals surface area contributed by atoms with Crippen LogP contribution in [0, 0.1) is 6.92 Å². The van der Waals surface area contributed by atoms with Crippen LogP contribution in [0.2, 0.25) is 0 Å². The molecule has 0 heterocycles. The lowest BCUT2D eigenvalue weighted by molar-refractivity contribution is -0.0270. The van der Waals surface area contributed by atoms with E-state index in [1.54, 1.807) is 13.0 Å². The van der Waals surface area contributed by atoms with E-state index in [4.69, 9.17) is 9.47 Å². The van der Waals surface area contributed by atoms with Crippen molar-refractivity contribution in [3.05, 3.63) is 17.7 Å². The highest BCUT2D eigenvalue weighted by molar-refractivity contribution is 7.89. The minimum absolute atomic E-state index is 0.0309. The van der Waals surface area contributed by atoms with Crippen molar-refractivity contribution >= 4 is 10.0 Å². The molecule has 1 aliphatic rings. The molecule has 0 spiro atoms. The molecule has 0 aliphatic heterocycles. The molecule has 0 amide bonds. The molecular weight excluding hydrogens is 294 g/mol. The number of ether oxygens (including phenoxy) is 2. The van der Waals surface area contributed by atoms with Gasteiger partial charge in [0.15, 0.2) is 11.5 Å². The molecule has 1 aromatic rings. The van der Waals surface area contributed by atoms with Gasteiger partial charge in [0, 0.05) is 12.6 Å². The van der Waals surface area contributed by atoms with Gasteiger partial charge < -0.3 is 14.6 Å². The maximum Gasteiger partial charge on any atom is 0.241 e. The molecule has 0 aromatic heterocycles. The van der Waals surface area contributed by atoms with Crippen molar-refractivity contribution in [3.63, 3.8) is 0 Å². The van der Waals surface area contributed by atoms with Crippen molar-refractivity contribution in [1.29, 1.82) is 0 Å². The maximum atomic E-state index is 12.4. The van der Waals surface area contributed by atoms with Gasteiger partial charge in [-0.25, -0.2) is 13.1 Å². The Hall–Kier alpha value is -1.31. The van der Waals surface area contributed by atoms with Gasteiger partial charge in [-0.05, 0) is 37.8 Å². The highest BCUT2D eigenvalue weighted by atomic mass is 32.2. The largest absolute Gasteiger partial charge is 0.493 e. The summed E-state index contributed by atoms with van der Waals surface area (Å²) < 4.78 is 37.5. The van der Waals surface area contributed by atoms with Crippen LogP contribution in [-0.2, 0) is 10.0 Å². The predicted molar refractivity (Wildman–Crippen MR) is 78.3 cm³/mol. The van der Waals surface area contributed by atoms with Gasteiger partial charge in [-0.15, -0.1) is 0 Å². The van der Waals surface area contributed by atoms with Crippen LogP contribution in [-0.4, -0.2) is 39.9 Å². The molecule has 0 saturated heterocycles. The fourth-order valence-electron chi connectivity index (χ4n) is 2.32. The van der Waals surface area contributed by atoms with Crippen LogP contribution in [0.5, 0.6) is 11.5 Å². The lowest BCUT2D eigenvalue weighted by Crippen LogP contribution is -2.47. The van der Waals surface area contributed by atoms with Gasteiger partial charge in [-0.3, -0.25) is 0 Å². The van der Waals surface area contributed by atoms with Crippen LogP contribution in [0.25, 0.3) is 0 Å². The van der Waals surface area contributed by atoms with Crippen LogP contribution in [0.3, 0.4) is 0 Å². The van der Waals surface area contributed by atoms with E-state index in [2.05, 4.69) is 4.72 Å². The Morgan fingerprint density at radius 3 is 2.29 bits per heavy atom. The number of hydrogen-bond acceptors (Lipinski definition) is 5. The molecule has 0 atom stereocenters. The number of aliphatic hydroxyl groups is 1. The van der Waals surface area contributed by atoms with Crippen LogP contribution in [0.15, 0.2) is 17.0 Å². The molecule has 118 valence electrons. The van der Waals surface area contributed by atoms with Gasteiger partial charge in [0.25, 0.3) is 0 Å². The molecule has 7 heteroatoms. The zero-order valence-corrected chi connectivity index (χ0v) is 13.3. The van der Waals surface area contributed by atoms with E-state index in [1.165, 1.54) is 20.3 Å². The Labute approximate surface area is 125 Å². The van der Waals surface area contributed by atoms with Gasteiger partial charge in [-0.1, -0.05) is 0 Å². The number of hydrogen-bond donors (Lipinski definition) is 2. The van der Waals surface area contributed by atoms with Crippen molar-refractivity contribution in [2.24, 2.45) is 0 Å². The van der Waals surface area contributed by atoms with E-state index in [0.717, 1.165) is 6.42 Å². The van der Waals surface area contributed by atoms with Gasteiger partial charge in [-0.2, -0.15) is 0 Å². The fourth-order valence-corrected chi connectivity index (χ4v) is 3.68. The maximum absolute atomic E-state index is 12.4. The third kappa shape index (κ3) is 3.30. The molecular formula is C14H21NO5S.